The maximum atomic E-state index is 13.5. The normalized spacial score (nSPS) is 18.3. The van der Waals surface area contributed by atoms with Crippen molar-refractivity contribution in [3.05, 3.63) is 100 Å². The lowest BCUT2D eigenvalue weighted by atomic mass is 10.1. The van der Waals surface area contributed by atoms with E-state index in [1.165, 1.54) is 16.0 Å². The van der Waals surface area contributed by atoms with E-state index in [1.807, 2.05) is 36.4 Å². The first-order valence-corrected chi connectivity index (χ1v) is 12.9. The standard InChI is InChI=1S/C28H29N3O2S/c1-2-21-12-14-23(15-13-21)31-27(32)25-10-6-7-11-26(25)29-28(31)34-20-24-19-30(16-17-33-24)18-22-8-4-3-5-9-22/h3-15,24H,2,16-20H2,1H3/p+1/t24-/m0/s1. The molecule has 1 aromatic heterocycles. The molecule has 34 heavy (non-hydrogen) atoms. The molecule has 2 heterocycles. The number of nitrogens with one attached hydrogen (secondary N) is 1. The van der Waals surface area contributed by atoms with Gasteiger partial charge in [-0.1, -0.05) is 73.3 Å². The molecule has 3 aromatic carbocycles. The number of ether oxygens (including phenoxy) is 1. The summed E-state index contributed by atoms with van der Waals surface area (Å²) in [5, 5.41) is 1.35. The Hall–Kier alpha value is -2.93. The van der Waals surface area contributed by atoms with Crippen LogP contribution in [0.1, 0.15) is 18.1 Å². The van der Waals surface area contributed by atoms with E-state index in [0.29, 0.717) is 10.5 Å². The molecule has 1 N–H and O–H groups in total. The fourth-order valence-electron chi connectivity index (χ4n) is 4.49. The average Bonchev–Trinajstić information content (AvgIpc) is 2.89. The SMILES string of the molecule is CCc1ccc(-n2c(SC[C@@H]3C[NH+](Cc4ccccc4)CCO3)nc3ccccc3c2=O)cc1. The monoisotopic (exact) mass is 472 g/mol. The summed E-state index contributed by atoms with van der Waals surface area (Å²) in [6, 6.07) is 26.4. The van der Waals surface area contributed by atoms with Gasteiger partial charge in [0.05, 0.1) is 23.2 Å². The van der Waals surface area contributed by atoms with Crippen LogP contribution in [0.5, 0.6) is 0 Å². The molecule has 6 heteroatoms. The molecule has 1 saturated heterocycles. The Kier molecular flexibility index (Phi) is 7.09. The Morgan fingerprint density at radius 1 is 1.00 bits per heavy atom. The fraction of sp³-hybridized carbons (Fsp3) is 0.286. The number of hydrogen-bond acceptors (Lipinski definition) is 4. The summed E-state index contributed by atoms with van der Waals surface area (Å²) in [5.74, 6) is 0.760. The van der Waals surface area contributed by atoms with Crippen LogP contribution in [0.15, 0.2) is 88.8 Å². The number of para-hydroxylation sites is 1. The van der Waals surface area contributed by atoms with Crippen LogP contribution < -0.4 is 10.5 Å². The van der Waals surface area contributed by atoms with Crippen molar-refractivity contribution in [2.24, 2.45) is 0 Å². The zero-order valence-electron chi connectivity index (χ0n) is 19.4. The number of hydrogen-bond donors (Lipinski definition) is 1. The molecule has 0 spiro atoms. The second kappa shape index (κ2) is 10.6. The Morgan fingerprint density at radius 3 is 2.56 bits per heavy atom. The van der Waals surface area contributed by atoms with Crippen LogP contribution in [-0.4, -0.2) is 41.1 Å². The molecule has 1 fully saturated rings. The Labute approximate surface area is 204 Å². The highest BCUT2D eigenvalue weighted by Crippen LogP contribution is 2.23. The zero-order chi connectivity index (χ0) is 23.3. The third kappa shape index (κ3) is 5.09. The minimum Gasteiger partial charge on any atom is -0.366 e. The lowest BCUT2D eigenvalue weighted by Crippen LogP contribution is -3.13. The first-order chi connectivity index (χ1) is 16.7. The average molecular weight is 473 g/mol. The highest BCUT2D eigenvalue weighted by atomic mass is 32.2. The van der Waals surface area contributed by atoms with Crippen molar-refractivity contribution in [1.82, 2.24) is 9.55 Å². The summed E-state index contributed by atoms with van der Waals surface area (Å²) < 4.78 is 7.86. The van der Waals surface area contributed by atoms with Gasteiger partial charge >= 0.3 is 0 Å². The molecule has 5 nitrogen and oxygen atoms in total. The summed E-state index contributed by atoms with van der Waals surface area (Å²) in [7, 11) is 0. The lowest BCUT2D eigenvalue weighted by Gasteiger charge is -2.30. The van der Waals surface area contributed by atoms with Crippen molar-refractivity contribution >= 4 is 22.7 Å². The predicted octanol–water partition coefficient (Wildman–Crippen LogP) is 3.52. The molecule has 174 valence electrons. The molecule has 1 aliphatic rings. The Morgan fingerprint density at radius 2 is 1.76 bits per heavy atom. The van der Waals surface area contributed by atoms with E-state index in [2.05, 4.69) is 49.4 Å². The minimum absolute atomic E-state index is 0.0294. The maximum Gasteiger partial charge on any atom is 0.266 e. The zero-order valence-corrected chi connectivity index (χ0v) is 20.3. The summed E-state index contributed by atoms with van der Waals surface area (Å²) >= 11 is 1.61. The molecule has 0 saturated carbocycles. The van der Waals surface area contributed by atoms with Crippen molar-refractivity contribution in [1.29, 1.82) is 0 Å². The largest absolute Gasteiger partial charge is 0.366 e. The van der Waals surface area contributed by atoms with Crippen LogP contribution in [0, 0.1) is 0 Å². The number of quaternary nitrogens is 1. The van der Waals surface area contributed by atoms with Gasteiger partial charge in [0.1, 0.15) is 25.7 Å². The highest BCUT2D eigenvalue weighted by Gasteiger charge is 2.25. The van der Waals surface area contributed by atoms with Gasteiger partial charge in [0, 0.05) is 11.3 Å². The second-order valence-corrected chi connectivity index (χ2v) is 9.73. The van der Waals surface area contributed by atoms with Gasteiger partial charge in [-0.15, -0.1) is 0 Å². The van der Waals surface area contributed by atoms with Gasteiger partial charge in [-0.2, -0.15) is 0 Å². The van der Waals surface area contributed by atoms with E-state index in [0.717, 1.165) is 49.6 Å². The van der Waals surface area contributed by atoms with Crippen molar-refractivity contribution in [2.75, 3.05) is 25.4 Å². The molecular formula is C28H30N3O2S+. The van der Waals surface area contributed by atoms with Crippen LogP contribution in [0.3, 0.4) is 0 Å². The predicted molar refractivity (Wildman–Crippen MR) is 138 cm³/mol. The van der Waals surface area contributed by atoms with Gasteiger partial charge in [-0.3, -0.25) is 9.36 Å². The molecule has 0 aliphatic carbocycles. The third-order valence-corrected chi connectivity index (χ3v) is 7.44. The van der Waals surface area contributed by atoms with Gasteiger partial charge in [0.2, 0.25) is 0 Å². The van der Waals surface area contributed by atoms with Crippen LogP contribution in [0.4, 0.5) is 0 Å². The number of nitrogens with zero attached hydrogens (tertiary/aromatic N) is 2. The van der Waals surface area contributed by atoms with E-state index in [1.54, 1.807) is 16.3 Å². The van der Waals surface area contributed by atoms with Crippen LogP contribution >= 0.6 is 11.8 Å². The number of benzene rings is 3. The van der Waals surface area contributed by atoms with E-state index in [4.69, 9.17) is 9.72 Å². The highest BCUT2D eigenvalue weighted by molar-refractivity contribution is 7.99. The summed E-state index contributed by atoms with van der Waals surface area (Å²) in [4.78, 5) is 19.9. The molecule has 5 rings (SSSR count). The molecular weight excluding hydrogens is 442 g/mol. The topological polar surface area (TPSA) is 48.6 Å². The lowest BCUT2D eigenvalue weighted by molar-refractivity contribution is -0.924. The number of thioether (sulfide) groups is 1. The Bertz CT molecular complexity index is 1310. The fourth-order valence-corrected chi connectivity index (χ4v) is 5.52. The van der Waals surface area contributed by atoms with E-state index in [-0.39, 0.29) is 11.7 Å². The van der Waals surface area contributed by atoms with Gasteiger partial charge in [-0.25, -0.2) is 4.98 Å². The number of fused-ring (bicyclic) bond motifs is 1. The maximum absolute atomic E-state index is 13.5. The number of rotatable bonds is 7. The Balaban J connectivity index is 1.38. The number of morpholine rings is 1. The van der Waals surface area contributed by atoms with Gasteiger partial charge < -0.3 is 9.64 Å². The quantitative estimate of drug-likeness (QED) is 0.330. The second-order valence-electron chi connectivity index (χ2n) is 8.74. The van der Waals surface area contributed by atoms with Crippen molar-refractivity contribution in [2.45, 2.75) is 31.1 Å². The summed E-state index contributed by atoms with van der Waals surface area (Å²) in [5.41, 5.74) is 4.16. The van der Waals surface area contributed by atoms with Crippen molar-refractivity contribution < 1.29 is 9.64 Å². The molecule has 4 aromatic rings. The number of aryl methyl sites for hydroxylation is 1. The minimum atomic E-state index is -0.0294. The molecule has 0 bridgehead atoms. The van der Waals surface area contributed by atoms with E-state index in [9.17, 15) is 4.79 Å². The smallest absolute Gasteiger partial charge is 0.266 e. The van der Waals surface area contributed by atoms with Crippen molar-refractivity contribution in [3.63, 3.8) is 0 Å². The van der Waals surface area contributed by atoms with Crippen LogP contribution in [-0.2, 0) is 17.7 Å². The van der Waals surface area contributed by atoms with E-state index >= 15 is 0 Å². The van der Waals surface area contributed by atoms with Crippen LogP contribution in [0.2, 0.25) is 0 Å². The number of aromatic nitrogens is 2. The first-order valence-electron chi connectivity index (χ1n) is 11.9. The molecule has 2 atom stereocenters. The first kappa shape index (κ1) is 22.8. The van der Waals surface area contributed by atoms with Gasteiger partial charge in [0.15, 0.2) is 5.16 Å². The molecule has 1 aliphatic heterocycles. The van der Waals surface area contributed by atoms with Crippen LogP contribution in [0.25, 0.3) is 16.6 Å². The third-order valence-electron chi connectivity index (χ3n) is 6.37. The van der Waals surface area contributed by atoms with E-state index < -0.39 is 0 Å². The summed E-state index contributed by atoms with van der Waals surface area (Å²) in [6.07, 6.45) is 1.09. The molecule has 0 radical (unpaired) electrons. The van der Waals surface area contributed by atoms with Gasteiger partial charge in [-0.05, 0) is 36.2 Å². The van der Waals surface area contributed by atoms with Gasteiger partial charge in [0.25, 0.3) is 5.56 Å². The summed E-state index contributed by atoms with van der Waals surface area (Å²) in [6.45, 7) is 5.86. The molecule has 0 amide bonds. The molecule has 1 unspecified atom stereocenters. The van der Waals surface area contributed by atoms with Crippen molar-refractivity contribution in [3.8, 4) is 5.69 Å².